The average Bonchev–Trinajstić information content (AvgIpc) is 2.61. The third kappa shape index (κ3) is 4.29. The minimum Gasteiger partial charge on any atom is -0.380 e. The van der Waals surface area contributed by atoms with E-state index in [0.717, 1.165) is 32.1 Å². The number of alkyl halides is 3. The van der Waals surface area contributed by atoms with Crippen LogP contribution in [0, 0.1) is 11.3 Å². The van der Waals surface area contributed by atoms with E-state index in [1.807, 2.05) is 13.8 Å². The van der Waals surface area contributed by atoms with Crippen molar-refractivity contribution < 1.29 is 18.3 Å². The summed E-state index contributed by atoms with van der Waals surface area (Å²) < 4.78 is 42.1. The summed E-state index contributed by atoms with van der Waals surface area (Å²) in [6.07, 6.45) is 1.25. The monoisotopic (exact) mass is 379 g/mol. The van der Waals surface area contributed by atoms with Crippen LogP contribution in [-0.2, 0) is 6.42 Å². The molecule has 1 aromatic carbocycles. The molecule has 3 rings (SSSR count). The largest absolute Gasteiger partial charge is 0.417 e. The van der Waals surface area contributed by atoms with Crippen LogP contribution in [0.15, 0.2) is 36.5 Å². The van der Waals surface area contributed by atoms with Crippen molar-refractivity contribution in [2.24, 2.45) is 11.3 Å². The molecule has 1 aromatic heterocycles. The van der Waals surface area contributed by atoms with Gasteiger partial charge in [-0.15, -0.1) is 0 Å². The van der Waals surface area contributed by atoms with Crippen LogP contribution in [0.3, 0.4) is 0 Å². The van der Waals surface area contributed by atoms with E-state index in [2.05, 4.69) is 4.98 Å². The Morgan fingerprint density at radius 2 is 1.70 bits per heavy atom. The van der Waals surface area contributed by atoms with Gasteiger partial charge in [0.05, 0.1) is 5.52 Å². The van der Waals surface area contributed by atoms with Crippen LogP contribution in [0.2, 0.25) is 0 Å². The number of benzene rings is 1. The molecule has 1 atom stereocenters. The lowest BCUT2D eigenvalue weighted by Crippen LogP contribution is -2.51. The van der Waals surface area contributed by atoms with Gasteiger partial charge in [-0.05, 0) is 48.3 Å². The molecule has 0 bridgehead atoms. The summed E-state index contributed by atoms with van der Waals surface area (Å²) in [6, 6.07) is 8.72. The van der Waals surface area contributed by atoms with E-state index >= 15 is 0 Å². The first kappa shape index (κ1) is 20.1. The first-order valence-electron chi connectivity index (χ1n) is 9.74. The number of rotatable bonds is 5. The topological polar surface area (TPSA) is 33.1 Å². The van der Waals surface area contributed by atoms with E-state index in [1.54, 1.807) is 30.3 Å². The zero-order valence-corrected chi connectivity index (χ0v) is 16.0. The van der Waals surface area contributed by atoms with Gasteiger partial charge in [-0.1, -0.05) is 51.3 Å². The second-order valence-electron chi connectivity index (χ2n) is 8.69. The van der Waals surface area contributed by atoms with E-state index in [1.165, 1.54) is 6.20 Å². The van der Waals surface area contributed by atoms with E-state index < -0.39 is 23.6 Å². The Balaban J connectivity index is 1.93. The van der Waals surface area contributed by atoms with Crippen molar-refractivity contribution in [1.29, 1.82) is 0 Å². The number of hydrogen-bond acceptors (Lipinski definition) is 2. The molecular weight excluding hydrogens is 351 g/mol. The van der Waals surface area contributed by atoms with Gasteiger partial charge in [0.2, 0.25) is 0 Å². The Hall–Kier alpha value is -1.62. The fourth-order valence-electron chi connectivity index (χ4n) is 4.67. The maximum Gasteiger partial charge on any atom is 0.417 e. The van der Waals surface area contributed by atoms with Crippen LogP contribution < -0.4 is 0 Å². The lowest BCUT2D eigenvalue weighted by Gasteiger charge is -2.43. The minimum absolute atomic E-state index is 0.217. The average molecular weight is 379 g/mol. The fourth-order valence-corrected chi connectivity index (χ4v) is 4.67. The smallest absolute Gasteiger partial charge is 0.380 e. The van der Waals surface area contributed by atoms with Crippen molar-refractivity contribution in [3.63, 3.8) is 0 Å². The second kappa shape index (κ2) is 7.42. The van der Waals surface area contributed by atoms with Crippen molar-refractivity contribution in [3.05, 3.63) is 42.1 Å². The summed E-state index contributed by atoms with van der Waals surface area (Å²) in [5.41, 5.74) is -2.20. The van der Waals surface area contributed by atoms with Crippen LogP contribution in [0.1, 0.15) is 57.9 Å². The maximum absolute atomic E-state index is 14.0. The number of fused-ring (bicyclic) bond motifs is 1. The molecule has 1 aliphatic rings. The Bertz CT molecular complexity index is 775. The summed E-state index contributed by atoms with van der Waals surface area (Å²) in [6.45, 7) is 3.76. The lowest BCUT2D eigenvalue weighted by atomic mass is 9.65. The van der Waals surface area contributed by atoms with Crippen LogP contribution in [0.4, 0.5) is 13.2 Å². The highest BCUT2D eigenvalue weighted by atomic mass is 19.4. The maximum atomic E-state index is 14.0. The van der Waals surface area contributed by atoms with Gasteiger partial charge in [-0.3, -0.25) is 4.98 Å². The van der Waals surface area contributed by atoms with Gasteiger partial charge < -0.3 is 5.11 Å². The van der Waals surface area contributed by atoms with E-state index in [0.29, 0.717) is 16.5 Å². The summed E-state index contributed by atoms with van der Waals surface area (Å²) in [5, 5.41) is 11.5. The summed E-state index contributed by atoms with van der Waals surface area (Å²) >= 11 is 0. The Morgan fingerprint density at radius 3 is 2.37 bits per heavy atom. The van der Waals surface area contributed by atoms with E-state index in [4.69, 9.17) is 0 Å². The van der Waals surface area contributed by atoms with E-state index in [-0.39, 0.29) is 12.3 Å². The second-order valence-corrected chi connectivity index (χ2v) is 8.69. The van der Waals surface area contributed by atoms with Gasteiger partial charge in [0.25, 0.3) is 0 Å². The third-order valence-corrected chi connectivity index (χ3v) is 6.21. The van der Waals surface area contributed by atoms with Crippen molar-refractivity contribution >= 4 is 10.9 Å². The molecule has 0 aliphatic heterocycles. The predicted octanol–water partition coefficient (Wildman–Crippen LogP) is 6.07. The zero-order valence-electron chi connectivity index (χ0n) is 16.0. The zero-order chi connectivity index (χ0) is 19.7. The van der Waals surface area contributed by atoms with Gasteiger partial charge in [0, 0.05) is 18.0 Å². The molecule has 1 heterocycles. The first-order valence-corrected chi connectivity index (χ1v) is 9.74. The highest BCUT2D eigenvalue weighted by molar-refractivity contribution is 5.81. The molecule has 0 amide bonds. The molecule has 0 spiro atoms. The van der Waals surface area contributed by atoms with Crippen molar-refractivity contribution in [2.75, 3.05) is 0 Å². The number of aliphatic hydroxyl groups is 1. The van der Waals surface area contributed by atoms with Crippen LogP contribution >= 0.6 is 0 Å². The Labute approximate surface area is 158 Å². The minimum atomic E-state index is -4.69. The number of aromatic nitrogens is 1. The first-order chi connectivity index (χ1) is 12.6. The quantitative estimate of drug-likeness (QED) is 0.684. The molecule has 5 heteroatoms. The molecule has 1 aliphatic carbocycles. The third-order valence-electron chi connectivity index (χ3n) is 6.21. The molecule has 2 aromatic rings. The van der Waals surface area contributed by atoms with Crippen LogP contribution in [0.5, 0.6) is 0 Å². The molecule has 1 fully saturated rings. The summed E-state index contributed by atoms with van der Waals surface area (Å²) in [4.78, 5) is 4.22. The molecule has 148 valence electrons. The molecule has 1 unspecified atom stereocenters. The summed E-state index contributed by atoms with van der Waals surface area (Å²) in [7, 11) is 0. The molecule has 0 saturated heterocycles. The summed E-state index contributed by atoms with van der Waals surface area (Å²) in [5.74, 6) is 0.217. The standard InChI is InChI=1S/C22H28F3NO/c1-20(2,17-8-4-3-5-9-17)15-21(27,22(23,24)25)14-16-12-13-26-19-11-7-6-10-18(16)19/h6-7,10-13,17,27H,3-5,8-9,14-15H2,1-2H3. The molecule has 1 N–H and O–H groups in total. The normalized spacial score (nSPS) is 19.2. The van der Waals surface area contributed by atoms with Gasteiger partial charge in [-0.25, -0.2) is 0 Å². The van der Waals surface area contributed by atoms with Gasteiger partial charge in [0.15, 0.2) is 5.60 Å². The number of hydrogen-bond donors (Lipinski definition) is 1. The molecule has 2 nitrogen and oxygen atoms in total. The van der Waals surface area contributed by atoms with Gasteiger partial charge in [0.1, 0.15) is 0 Å². The van der Waals surface area contributed by atoms with Gasteiger partial charge in [-0.2, -0.15) is 13.2 Å². The van der Waals surface area contributed by atoms with Crippen molar-refractivity contribution in [2.45, 2.75) is 70.6 Å². The Morgan fingerprint density at radius 1 is 1.04 bits per heavy atom. The van der Waals surface area contributed by atoms with Crippen molar-refractivity contribution in [1.82, 2.24) is 4.98 Å². The molecule has 0 radical (unpaired) electrons. The van der Waals surface area contributed by atoms with Crippen molar-refractivity contribution in [3.8, 4) is 0 Å². The lowest BCUT2D eigenvalue weighted by molar-refractivity contribution is -0.271. The van der Waals surface area contributed by atoms with Gasteiger partial charge >= 0.3 is 6.18 Å². The Kier molecular flexibility index (Phi) is 5.53. The highest BCUT2D eigenvalue weighted by Crippen LogP contribution is 2.48. The predicted molar refractivity (Wildman–Crippen MR) is 101 cm³/mol. The number of halogens is 3. The molecular formula is C22H28F3NO. The van der Waals surface area contributed by atoms with Crippen LogP contribution in [-0.4, -0.2) is 21.9 Å². The van der Waals surface area contributed by atoms with E-state index in [9.17, 15) is 18.3 Å². The number of para-hydroxylation sites is 1. The number of pyridine rings is 1. The van der Waals surface area contributed by atoms with Crippen LogP contribution in [0.25, 0.3) is 10.9 Å². The number of nitrogens with zero attached hydrogens (tertiary/aromatic N) is 1. The molecule has 1 saturated carbocycles. The SMILES string of the molecule is CC(C)(CC(O)(Cc1ccnc2ccccc12)C(F)(F)F)C1CCCCC1. The highest BCUT2D eigenvalue weighted by Gasteiger charge is 2.56. The fraction of sp³-hybridized carbons (Fsp3) is 0.591. The molecule has 27 heavy (non-hydrogen) atoms.